The van der Waals surface area contributed by atoms with Crippen molar-refractivity contribution in [3.63, 3.8) is 0 Å². The first-order valence-electron chi connectivity index (χ1n) is 5.53. The van der Waals surface area contributed by atoms with E-state index in [9.17, 15) is 21.6 Å². The molecule has 0 saturated heterocycles. The molecule has 0 spiro atoms. The maximum atomic E-state index is 11.8. The van der Waals surface area contributed by atoms with E-state index in [1.807, 2.05) is 0 Å². The largest absolute Gasteiger partial charge is 0.478 e. The molecule has 0 fully saturated rings. The minimum absolute atomic E-state index is 0.0778. The predicted octanol–water partition coefficient (Wildman–Crippen LogP) is 0.480. The molecule has 0 bridgehead atoms. The molecule has 0 aliphatic heterocycles. The van der Waals surface area contributed by atoms with Crippen molar-refractivity contribution < 1.29 is 26.7 Å². The van der Waals surface area contributed by atoms with Crippen molar-refractivity contribution in [1.82, 2.24) is 0 Å². The van der Waals surface area contributed by atoms with Gasteiger partial charge in [-0.05, 0) is 18.6 Å². The number of benzene rings is 1. The van der Waals surface area contributed by atoms with E-state index in [1.165, 1.54) is 25.1 Å². The zero-order valence-corrected chi connectivity index (χ0v) is 12.6. The van der Waals surface area contributed by atoms with E-state index in [-0.39, 0.29) is 11.3 Å². The Morgan fingerprint density at radius 2 is 1.80 bits per heavy atom. The molecule has 1 rings (SSSR count). The van der Waals surface area contributed by atoms with Crippen LogP contribution in [0.5, 0.6) is 0 Å². The number of sulfonamides is 1. The summed E-state index contributed by atoms with van der Waals surface area (Å²) in [5.74, 6) is -2.42. The number of anilines is 1. The number of carboxylic acid groups (broad SMARTS) is 1. The standard InChI is InChI=1S/C11H15NO6S2/c1-8-4-3-5-9(10(8)11(13)14)12-20(17,18)7-6-19(2,15)16/h3-5,12H,6-7H2,1-2H3,(H,13,14). The van der Waals surface area contributed by atoms with Crippen LogP contribution in [0.4, 0.5) is 5.69 Å². The van der Waals surface area contributed by atoms with Crippen LogP contribution in [0.2, 0.25) is 0 Å². The van der Waals surface area contributed by atoms with Crippen molar-refractivity contribution in [1.29, 1.82) is 0 Å². The van der Waals surface area contributed by atoms with E-state index in [0.29, 0.717) is 5.56 Å². The van der Waals surface area contributed by atoms with Crippen molar-refractivity contribution in [2.45, 2.75) is 6.92 Å². The molecule has 0 heterocycles. The average Bonchev–Trinajstić information content (AvgIpc) is 2.24. The Morgan fingerprint density at radius 1 is 1.20 bits per heavy atom. The molecule has 0 aromatic heterocycles. The maximum absolute atomic E-state index is 11.8. The topological polar surface area (TPSA) is 118 Å². The van der Waals surface area contributed by atoms with Crippen LogP contribution in [0.3, 0.4) is 0 Å². The third-order valence-corrected chi connectivity index (χ3v) is 4.95. The second-order valence-corrected chi connectivity index (χ2v) is 8.46. The molecule has 9 heteroatoms. The highest BCUT2D eigenvalue weighted by Gasteiger charge is 2.19. The molecule has 0 aliphatic rings. The Labute approximate surface area is 117 Å². The second kappa shape index (κ2) is 5.80. The van der Waals surface area contributed by atoms with E-state index in [1.54, 1.807) is 0 Å². The zero-order chi connectivity index (χ0) is 15.6. The molecule has 0 saturated carbocycles. The van der Waals surface area contributed by atoms with Crippen molar-refractivity contribution in [2.24, 2.45) is 0 Å². The molecular formula is C11H15NO6S2. The number of carbonyl (C=O) groups is 1. The predicted molar refractivity (Wildman–Crippen MR) is 75.3 cm³/mol. The molecule has 1 aromatic carbocycles. The summed E-state index contributed by atoms with van der Waals surface area (Å²) in [7, 11) is -7.35. The van der Waals surface area contributed by atoms with E-state index in [2.05, 4.69) is 4.72 Å². The summed E-state index contributed by atoms with van der Waals surface area (Å²) in [6.07, 6.45) is 0.928. The Kier molecular flexibility index (Phi) is 4.77. The Morgan fingerprint density at radius 3 is 2.30 bits per heavy atom. The lowest BCUT2D eigenvalue weighted by Crippen LogP contribution is -2.23. The van der Waals surface area contributed by atoms with Gasteiger partial charge in [0.25, 0.3) is 0 Å². The van der Waals surface area contributed by atoms with Gasteiger partial charge in [0.05, 0.1) is 22.8 Å². The number of sulfone groups is 1. The van der Waals surface area contributed by atoms with Gasteiger partial charge in [-0.25, -0.2) is 21.6 Å². The minimum Gasteiger partial charge on any atom is -0.478 e. The van der Waals surface area contributed by atoms with Gasteiger partial charge >= 0.3 is 5.97 Å². The average molecular weight is 321 g/mol. The normalized spacial score (nSPS) is 12.1. The number of rotatable bonds is 6. The lowest BCUT2D eigenvalue weighted by molar-refractivity contribution is 0.0697. The Bertz CT molecular complexity index is 721. The van der Waals surface area contributed by atoms with Gasteiger partial charge in [0.1, 0.15) is 9.84 Å². The van der Waals surface area contributed by atoms with Crippen LogP contribution in [0.1, 0.15) is 15.9 Å². The molecule has 0 radical (unpaired) electrons. The fourth-order valence-electron chi connectivity index (χ4n) is 1.52. The number of nitrogens with one attached hydrogen (secondary N) is 1. The number of aryl methyl sites for hydroxylation is 1. The van der Waals surface area contributed by atoms with E-state index < -0.39 is 37.3 Å². The van der Waals surface area contributed by atoms with Crippen molar-refractivity contribution >= 4 is 31.5 Å². The highest BCUT2D eigenvalue weighted by molar-refractivity contribution is 7.95. The SMILES string of the molecule is Cc1cccc(NS(=O)(=O)CCS(C)(=O)=O)c1C(=O)O. The lowest BCUT2D eigenvalue weighted by Gasteiger charge is -2.11. The van der Waals surface area contributed by atoms with Gasteiger partial charge in [-0.15, -0.1) is 0 Å². The number of hydrogen-bond acceptors (Lipinski definition) is 5. The summed E-state index contributed by atoms with van der Waals surface area (Å²) in [4.78, 5) is 11.1. The number of aromatic carboxylic acids is 1. The molecule has 7 nitrogen and oxygen atoms in total. The first-order valence-corrected chi connectivity index (χ1v) is 9.24. The third kappa shape index (κ3) is 4.82. The van der Waals surface area contributed by atoms with Gasteiger partial charge < -0.3 is 5.11 Å². The molecule has 1 aromatic rings. The van der Waals surface area contributed by atoms with Crippen molar-refractivity contribution in [2.75, 3.05) is 22.5 Å². The zero-order valence-electron chi connectivity index (χ0n) is 11.0. The van der Waals surface area contributed by atoms with E-state index >= 15 is 0 Å². The summed E-state index contributed by atoms with van der Waals surface area (Å²) < 4.78 is 47.6. The van der Waals surface area contributed by atoms with Gasteiger partial charge in [0.2, 0.25) is 10.0 Å². The van der Waals surface area contributed by atoms with Gasteiger partial charge in [0.15, 0.2) is 0 Å². The van der Waals surface area contributed by atoms with Gasteiger partial charge in [-0.3, -0.25) is 4.72 Å². The first kappa shape index (κ1) is 16.4. The smallest absolute Gasteiger partial charge is 0.338 e. The molecule has 2 N–H and O–H groups in total. The van der Waals surface area contributed by atoms with Crippen LogP contribution in [0.25, 0.3) is 0 Å². The van der Waals surface area contributed by atoms with Crippen LogP contribution in [0, 0.1) is 6.92 Å². The maximum Gasteiger partial charge on any atom is 0.338 e. The summed E-state index contributed by atoms with van der Waals surface area (Å²) in [6.45, 7) is 1.54. The van der Waals surface area contributed by atoms with Crippen molar-refractivity contribution in [3.8, 4) is 0 Å². The van der Waals surface area contributed by atoms with Crippen LogP contribution in [-0.2, 0) is 19.9 Å². The highest BCUT2D eigenvalue weighted by Crippen LogP contribution is 2.20. The molecule has 0 amide bonds. The van der Waals surface area contributed by atoms with Gasteiger partial charge in [-0.1, -0.05) is 12.1 Å². The van der Waals surface area contributed by atoms with Crippen LogP contribution in [-0.4, -0.2) is 45.7 Å². The Hall–Kier alpha value is -1.61. The quantitative estimate of drug-likeness (QED) is 0.787. The number of carboxylic acids is 1. The molecule has 112 valence electrons. The van der Waals surface area contributed by atoms with Crippen LogP contribution >= 0.6 is 0 Å². The monoisotopic (exact) mass is 321 g/mol. The highest BCUT2D eigenvalue weighted by atomic mass is 32.2. The first-order chi connectivity index (χ1) is 9.02. The molecule has 0 unspecified atom stereocenters. The van der Waals surface area contributed by atoms with Gasteiger partial charge in [-0.2, -0.15) is 0 Å². The second-order valence-electron chi connectivity index (χ2n) is 4.35. The molecular weight excluding hydrogens is 306 g/mol. The summed E-state index contributed by atoms with van der Waals surface area (Å²) in [6, 6.07) is 4.36. The fraction of sp³-hybridized carbons (Fsp3) is 0.364. The summed E-state index contributed by atoms with van der Waals surface area (Å²) >= 11 is 0. The summed E-state index contributed by atoms with van der Waals surface area (Å²) in [5, 5.41) is 9.07. The fourth-order valence-corrected chi connectivity index (χ4v) is 4.21. The van der Waals surface area contributed by atoms with Crippen LogP contribution < -0.4 is 4.72 Å². The summed E-state index contributed by atoms with van der Waals surface area (Å²) in [5.41, 5.74) is 0.169. The third-order valence-electron chi connectivity index (χ3n) is 2.47. The number of hydrogen-bond donors (Lipinski definition) is 2. The van der Waals surface area contributed by atoms with Crippen molar-refractivity contribution in [3.05, 3.63) is 29.3 Å². The Balaban J connectivity index is 3.05. The molecule has 0 atom stereocenters. The van der Waals surface area contributed by atoms with Gasteiger partial charge in [0, 0.05) is 6.26 Å². The molecule has 20 heavy (non-hydrogen) atoms. The van der Waals surface area contributed by atoms with E-state index in [4.69, 9.17) is 5.11 Å². The molecule has 0 aliphatic carbocycles. The van der Waals surface area contributed by atoms with E-state index in [0.717, 1.165) is 6.26 Å². The lowest BCUT2D eigenvalue weighted by atomic mass is 10.1. The van der Waals surface area contributed by atoms with Crippen LogP contribution in [0.15, 0.2) is 18.2 Å². The minimum atomic E-state index is -3.93.